The summed E-state index contributed by atoms with van der Waals surface area (Å²) in [6.45, 7) is 2.23. The van der Waals surface area contributed by atoms with Crippen LogP contribution in [0.15, 0.2) is 45.0 Å². The number of anilines is 1. The Labute approximate surface area is 228 Å². The molecule has 11 heteroatoms. The number of benzene rings is 1. The number of aliphatic hydroxyl groups is 1. The van der Waals surface area contributed by atoms with Crippen LogP contribution in [0.2, 0.25) is 0 Å². The number of allylic oxidation sites excluding steroid dienone is 2. The minimum atomic E-state index is -4.77. The van der Waals surface area contributed by atoms with Crippen LogP contribution in [-0.2, 0) is 4.79 Å². The van der Waals surface area contributed by atoms with Gasteiger partial charge in [0.1, 0.15) is 5.76 Å². The zero-order chi connectivity index (χ0) is 27.9. The first kappa shape index (κ1) is 25.5. The number of alkyl halides is 3. The highest BCUT2D eigenvalue weighted by atomic mass is 19.4. The van der Waals surface area contributed by atoms with E-state index in [1.54, 1.807) is 29.3 Å². The molecule has 0 saturated heterocycles. The Balaban J connectivity index is 1.16. The lowest BCUT2D eigenvalue weighted by Gasteiger charge is -2.52. The van der Waals surface area contributed by atoms with E-state index >= 15 is 0 Å². The fraction of sp³-hybridized carbons (Fsp3) is 0.517. The lowest BCUT2D eigenvalue weighted by molar-refractivity contribution is -0.295. The Morgan fingerprint density at radius 1 is 1.20 bits per heavy atom. The maximum atomic E-state index is 13.8. The highest BCUT2D eigenvalue weighted by Crippen LogP contribution is 2.58. The molecule has 0 radical (unpaired) electrons. The maximum absolute atomic E-state index is 13.8. The van der Waals surface area contributed by atoms with Gasteiger partial charge in [-0.05, 0) is 81.9 Å². The molecule has 5 aliphatic carbocycles. The predicted octanol–water partition coefficient (Wildman–Crippen LogP) is 5.97. The van der Waals surface area contributed by atoms with E-state index in [0.717, 1.165) is 49.9 Å². The van der Waals surface area contributed by atoms with Gasteiger partial charge in [-0.2, -0.15) is 18.2 Å². The maximum Gasteiger partial charge on any atom is 0.417 e. The second-order valence-corrected chi connectivity index (χ2v) is 12.1. The van der Waals surface area contributed by atoms with E-state index in [9.17, 15) is 23.1 Å². The molecule has 5 aliphatic rings. The van der Waals surface area contributed by atoms with Gasteiger partial charge >= 0.3 is 6.18 Å². The molecule has 2 bridgehead atoms. The van der Waals surface area contributed by atoms with Crippen molar-refractivity contribution in [3.63, 3.8) is 0 Å². The Hall–Kier alpha value is -3.47. The number of rotatable bonds is 7. The summed E-state index contributed by atoms with van der Waals surface area (Å²) in [5.74, 6) is 1.41. The molecular weight excluding hydrogens is 525 g/mol. The van der Waals surface area contributed by atoms with Crippen molar-refractivity contribution in [2.45, 2.75) is 76.0 Å². The number of hydrogen-bond acceptors (Lipinski definition) is 7. The minimum Gasteiger partial charge on any atom is -0.442 e. The number of carbonyl (C=O) groups excluding carboxylic acids is 1. The second kappa shape index (κ2) is 8.76. The molecule has 8 rings (SSSR count). The third-order valence-electron chi connectivity index (χ3n) is 8.98. The van der Waals surface area contributed by atoms with E-state index in [0.29, 0.717) is 41.3 Å². The minimum absolute atomic E-state index is 0.181. The van der Waals surface area contributed by atoms with Crippen molar-refractivity contribution >= 4 is 17.2 Å². The van der Waals surface area contributed by atoms with Gasteiger partial charge in [0.05, 0.1) is 6.20 Å². The van der Waals surface area contributed by atoms with Crippen LogP contribution in [-0.4, -0.2) is 44.5 Å². The van der Waals surface area contributed by atoms with Crippen LogP contribution in [0.3, 0.4) is 0 Å². The van der Waals surface area contributed by atoms with Gasteiger partial charge in [-0.3, -0.25) is 4.79 Å². The van der Waals surface area contributed by atoms with Crippen LogP contribution in [0.25, 0.3) is 17.0 Å². The van der Waals surface area contributed by atoms with Crippen LogP contribution in [0.5, 0.6) is 0 Å². The molecule has 1 N–H and O–H groups in total. The van der Waals surface area contributed by atoms with Gasteiger partial charge in [0.25, 0.3) is 5.89 Å². The molecule has 40 heavy (non-hydrogen) atoms. The molecule has 210 valence electrons. The first-order valence-electron chi connectivity index (χ1n) is 13.7. The molecule has 0 atom stereocenters. The summed E-state index contributed by atoms with van der Waals surface area (Å²) in [5, 5.41) is 14.1. The normalized spacial score (nSPS) is 25.4. The van der Waals surface area contributed by atoms with Gasteiger partial charge in [0.2, 0.25) is 11.8 Å². The van der Waals surface area contributed by atoms with Crippen molar-refractivity contribution in [3.8, 4) is 11.5 Å². The van der Waals surface area contributed by atoms with Gasteiger partial charge < -0.3 is 18.9 Å². The molecule has 3 aromatic rings. The fourth-order valence-electron chi connectivity index (χ4n) is 6.43. The number of hydrogen-bond donors (Lipinski definition) is 1. The molecule has 2 aromatic heterocycles. The predicted molar refractivity (Wildman–Crippen MR) is 137 cm³/mol. The van der Waals surface area contributed by atoms with Crippen molar-refractivity contribution in [3.05, 3.63) is 53.5 Å². The Bertz CT molecular complexity index is 1500. The molecule has 1 aromatic carbocycles. The number of aryl methyl sites for hydroxylation is 1. The summed E-state index contributed by atoms with van der Waals surface area (Å²) in [6.07, 6.45) is 0.855. The van der Waals surface area contributed by atoms with Crippen LogP contribution >= 0.6 is 0 Å². The van der Waals surface area contributed by atoms with Crippen molar-refractivity contribution in [2.75, 3.05) is 11.4 Å². The van der Waals surface area contributed by atoms with Crippen molar-refractivity contribution in [1.82, 2.24) is 15.1 Å². The standard InChI is InChI=1S/C29H29F3N4O4/c1-16-14-33-25(39-16)22-7-8-27(10-19(22)11-27)15-36(26(37)20-12-28(38,13-20)29(30,31)32)21-4-2-3-18(9-21)24-34-23(35-40-24)17-5-6-17/h2-4,9,14,17,20,38H,5-8,10-13,15H2,1H3. The highest BCUT2D eigenvalue weighted by molar-refractivity contribution is 5.96. The fourth-order valence-corrected chi connectivity index (χ4v) is 6.43. The topological polar surface area (TPSA) is 105 Å². The van der Waals surface area contributed by atoms with E-state index in [1.165, 1.54) is 5.57 Å². The van der Waals surface area contributed by atoms with Crippen LogP contribution in [0.1, 0.15) is 74.8 Å². The summed E-state index contributed by atoms with van der Waals surface area (Å²) in [7, 11) is 0. The summed E-state index contributed by atoms with van der Waals surface area (Å²) in [6, 6.07) is 7.17. The quantitative estimate of drug-likeness (QED) is 0.383. The summed E-state index contributed by atoms with van der Waals surface area (Å²) >= 11 is 0. The number of carbonyl (C=O) groups is 1. The molecule has 8 nitrogen and oxygen atoms in total. The summed E-state index contributed by atoms with van der Waals surface area (Å²) in [5.41, 5.74) is 0.584. The summed E-state index contributed by atoms with van der Waals surface area (Å²) < 4.78 is 51.3. The molecule has 0 spiro atoms. The third-order valence-corrected chi connectivity index (χ3v) is 8.98. The Kier molecular flexibility index (Phi) is 5.59. The molecule has 2 heterocycles. The van der Waals surface area contributed by atoms with E-state index in [-0.39, 0.29) is 5.41 Å². The molecular formula is C29H29F3N4O4. The number of oxazole rings is 1. The van der Waals surface area contributed by atoms with Crippen molar-refractivity contribution in [1.29, 1.82) is 0 Å². The highest BCUT2D eigenvalue weighted by Gasteiger charge is 2.63. The van der Waals surface area contributed by atoms with Gasteiger partial charge in [0, 0.05) is 35.2 Å². The van der Waals surface area contributed by atoms with E-state index in [2.05, 4.69) is 15.1 Å². The Morgan fingerprint density at radius 3 is 2.60 bits per heavy atom. The number of amides is 1. The first-order valence-corrected chi connectivity index (χ1v) is 13.7. The molecule has 3 saturated carbocycles. The SMILES string of the molecule is Cc1cnc(C2=C3CC(CN(C(=O)C4CC(O)(C(F)(F)F)C4)c4cccc(-c5nc(C6CC6)no5)c4)(CC2)C3)o1. The van der Waals surface area contributed by atoms with Crippen LogP contribution in [0.4, 0.5) is 18.9 Å². The Morgan fingerprint density at radius 2 is 1.98 bits per heavy atom. The average molecular weight is 555 g/mol. The van der Waals surface area contributed by atoms with Crippen molar-refractivity contribution in [2.24, 2.45) is 11.3 Å². The smallest absolute Gasteiger partial charge is 0.417 e. The summed E-state index contributed by atoms with van der Waals surface area (Å²) in [4.78, 5) is 24.3. The number of aromatic nitrogens is 3. The van der Waals surface area contributed by atoms with E-state index in [4.69, 9.17) is 8.94 Å². The lowest BCUT2D eigenvalue weighted by Crippen LogP contribution is -2.60. The average Bonchev–Trinajstić information content (AvgIpc) is 3.45. The number of fused-ring (bicyclic) bond motifs is 2. The molecule has 0 unspecified atom stereocenters. The molecule has 3 fully saturated rings. The second-order valence-electron chi connectivity index (χ2n) is 12.1. The first-order chi connectivity index (χ1) is 19.0. The number of halogens is 3. The molecule has 1 amide bonds. The van der Waals surface area contributed by atoms with Gasteiger partial charge in [-0.1, -0.05) is 16.8 Å². The van der Waals surface area contributed by atoms with Gasteiger partial charge in [0.15, 0.2) is 11.4 Å². The van der Waals surface area contributed by atoms with Gasteiger partial charge in [-0.25, -0.2) is 4.98 Å². The number of nitrogens with zero attached hydrogens (tertiary/aromatic N) is 4. The monoisotopic (exact) mass is 554 g/mol. The third kappa shape index (κ3) is 4.25. The lowest BCUT2D eigenvalue weighted by atomic mass is 9.57. The largest absolute Gasteiger partial charge is 0.442 e. The van der Waals surface area contributed by atoms with Crippen LogP contribution in [0, 0.1) is 18.3 Å². The van der Waals surface area contributed by atoms with Crippen molar-refractivity contribution < 1.29 is 32.0 Å². The van der Waals surface area contributed by atoms with E-state index in [1.807, 2.05) is 13.0 Å². The zero-order valence-electron chi connectivity index (χ0n) is 22.0. The van der Waals surface area contributed by atoms with Gasteiger partial charge in [-0.15, -0.1) is 0 Å². The molecule has 0 aliphatic heterocycles. The van der Waals surface area contributed by atoms with Crippen LogP contribution < -0.4 is 4.90 Å². The zero-order valence-corrected chi connectivity index (χ0v) is 22.0. The van der Waals surface area contributed by atoms with E-state index < -0.39 is 36.4 Å².